The minimum absolute atomic E-state index is 0.0302. The van der Waals surface area contributed by atoms with Crippen molar-refractivity contribution in [3.63, 3.8) is 0 Å². The van der Waals surface area contributed by atoms with E-state index in [-0.39, 0.29) is 11.6 Å². The summed E-state index contributed by atoms with van der Waals surface area (Å²) in [5.41, 5.74) is 10.2. The minimum atomic E-state index is -0.164. The van der Waals surface area contributed by atoms with Crippen LogP contribution in [0.4, 0.5) is 0 Å². The minimum Gasteiger partial charge on any atom is -0.321 e. The molecule has 0 spiro atoms. The fraction of sp³-hybridized carbons (Fsp3) is 0.0667. The molecule has 0 aliphatic carbocycles. The second kappa shape index (κ2) is 9.30. The lowest BCUT2D eigenvalue weighted by Gasteiger charge is -2.14. The third-order valence-corrected chi connectivity index (χ3v) is 7.06. The average molecular weight is 510 g/mol. The number of nitrogens with one attached hydrogen (secondary N) is 2. The molecule has 6 rings (SSSR count). The molecule has 4 aromatic carbocycles. The standard InChI is InChI=1S/C30H21Cl2N3O/c31-22-12-10-19(11-13-22)18-6-8-20(9-7-18)26-17-27(35-34-26)29-28(21-4-2-1-3-5-21)24-16-23(32)14-15-25(24)33-30(29)36/h1-16,26,34H,17H2,(H,33,36). The van der Waals surface area contributed by atoms with Gasteiger partial charge in [0.15, 0.2) is 0 Å². The number of H-pyrrole nitrogens is 1. The van der Waals surface area contributed by atoms with Crippen molar-refractivity contribution in [3.8, 4) is 22.3 Å². The zero-order chi connectivity index (χ0) is 24.6. The van der Waals surface area contributed by atoms with Crippen LogP contribution in [-0.4, -0.2) is 10.7 Å². The number of aromatic nitrogens is 1. The number of rotatable bonds is 4. The molecule has 176 valence electrons. The summed E-state index contributed by atoms with van der Waals surface area (Å²) in [6, 6.07) is 31.6. The van der Waals surface area contributed by atoms with Crippen molar-refractivity contribution in [2.75, 3.05) is 0 Å². The topological polar surface area (TPSA) is 57.2 Å². The number of fused-ring (bicyclic) bond motifs is 1. The molecule has 1 atom stereocenters. The Kier molecular flexibility index (Phi) is 5.84. The maximum atomic E-state index is 13.4. The number of hydrazone groups is 1. The van der Waals surface area contributed by atoms with Gasteiger partial charge in [-0.3, -0.25) is 4.79 Å². The van der Waals surface area contributed by atoms with Crippen LogP contribution < -0.4 is 11.0 Å². The Morgan fingerprint density at radius 1 is 0.722 bits per heavy atom. The summed E-state index contributed by atoms with van der Waals surface area (Å²) in [5.74, 6) is 0. The first-order valence-corrected chi connectivity index (χ1v) is 12.4. The highest BCUT2D eigenvalue weighted by Gasteiger charge is 2.27. The van der Waals surface area contributed by atoms with E-state index in [2.05, 4.69) is 39.8 Å². The number of nitrogens with zero attached hydrogens (tertiary/aromatic N) is 1. The maximum absolute atomic E-state index is 13.4. The highest BCUT2D eigenvalue weighted by atomic mass is 35.5. The lowest BCUT2D eigenvalue weighted by atomic mass is 9.91. The van der Waals surface area contributed by atoms with E-state index < -0.39 is 0 Å². The highest BCUT2D eigenvalue weighted by Crippen LogP contribution is 2.34. The first kappa shape index (κ1) is 22.6. The van der Waals surface area contributed by atoms with Gasteiger partial charge in [-0.25, -0.2) is 0 Å². The molecule has 0 radical (unpaired) electrons. The summed E-state index contributed by atoms with van der Waals surface area (Å²) >= 11 is 12.4. The van der Waals surface area contributed by atoms with E-state index in [1.54, 1.807) is 6.07 Å². The number of pyridine rings is 1. The van der Waals surface area contributed by atoms with Crippen molar-refractivity contribution in [1.82, 2.24) is 10.4 Å². The molecule has 2 heterocycles. The van der Waals surface area contributed by atoms with Gasteiger partial charge in [-0.1, -0.05) is 89.9 Å². The molecule has 2 N–H and O–H groups in total. The molecular formula is C30H21Cl2N3O. The molecule has 0 bridgehead atoms. The van der Waals surface area contributed by atoms with Gasteiger partial charge in [0.25, 0.3) is 5.56 Å². The highest BCUT2D eigenvalue weighted by molar-refractivity contribution is 6.31. The molecule has 1 aliphatic rings. The summed E-state index contributed by atoms with van der Waals surface area (Å²) in [6.07, 6.45) is 0.593. The van der Waals surface area contributed by atoms with E-state index in [1.165, 1.54) is 0 Å². The number of aromatic amines is 1. The Bertz CT molecular complexity index is 1660. The first-order chi connectivity index (χ1) is 17.6. The van der Waals surface area contributed by atoms with Crippen molar-refractivity contribution in [3.05, 3.63) is 129 Å². The van der Waals surface area contributed by atoms with Gasteiger partial charge in [-0.05, 0) is 52.6 Å². The molecule has 1 aromatic heterocycles. The Hall–Kier alpha value is -3.86. The summed E-state index contributed by atoms with van der Waals surface area (Å²) in [7, 11) is 0. The number of benzene rings is 4. The van der Waals surface area contributed by atoms with Crippen LogP contribution in [0.3, 0.4) is 0 Å². The van der Waals surface area contributed by atoms with Crippen molar-refractivity contribution < 1.29 is 0 Å². The summed E-state index contributed by atoms with van der Waals surface area (Å²) < 4.78 is 0. The van der Waals surface area contributed by atoms with E-state index in [0.29, 0.717) is 17.0 Å². The van der Waals surface area contributed by atoms with Crippen molar-refractivity contribution in [2.24, 2.45) is 5.10 Å². The fourth-order valence-electron chi connectivity index (χ4n) is 4.79. The van der Waals surface area contributed by atoms with Crippen LogP contribution in [-0.2, 0) is 0 Å². The van der Waals surface area contributed by atoms with Crippen LogP contribution in [0.5, 0.6) is 0 Å². The largest absolute Gasteiger partial charge is 0.321 e. The zero-order valence-corrected chi connectivity index (χ0v) is 20.6. The van der Waals surface area contributed by atoms with Crippen LogP contribution in [0.2, 0.25) is 10.0 Å². The third kappa shape index (κ3) is 4.19. The molecule has 1 unspecified atom stereocenters. The molecule has 0 fully saturated rings. The number of hydrogen-bond acceptors (Lipinski definition) is 3. The predicted octanol–water partition coefficient (Wildman–Crippen LogP) is 7.61. The summed E-state index contributed by atoms with van der Waals surface area (Å²) in [5, 5.41) is 6.85. The lowest BCUT2D eigenvalue weighted by Crippen LogP contribution is -2.20. The maximum Gasteiger partial charge on any atom is 0.258 e. The van der Waals surface area contributed by atoms with Gasteiger partial charge in [0.1, 0.15) is 0 Å². The second-order valence-electron chi connectivity index (χ2n) is 8.83. The SMILES string of the molecule is O=c1[nH]c2ccc(Cl)cc2c(-c2ccccc2)c1C1=NNC(c2ccc(-c3ccc(Cl)cc3)cc2)C1. The molecular weight excluding hydrogens is 489 g/mol. The lowest BCUT2D eigenvalue weighted by molar-refractivity contribution is 0.620. The summed E-state index contributed by atoms with van der Waals surface area (Å²) in [4.78, 5) is 16.4. The van der Waals surface area contributed by atoms with Gasteiger partial charge in [0.2, 0.25) is 0 Å². The van der Waals surface area contributed by atoms with E-state index >= 15 is 0 Å². The Labute approximate surface area is 218 Å². The van der Waals surface area contributed by atoms with Gasteiger partial charge in [0, 0.05) is 32.9 Å². The molecule has 4 nitrogen and oxygen atoms in total. The van der Waals surface area contributed by atoms with Gasteiger partial charge < -0.3 is 10.4 Å². The van der Waals surface area contributed by atoms with Gasteiger partial charge >= 0.3 is 0 Å². The second-order valence-corrected chi connectivity index (χ2v) is 9.71. The average Bonchev–Trinajstić information content (AvgIpc) is 3.39. The Morgan fingerprint density at radius 3 is 2.11 bits per heavy atom. The van der Waals surface area contributed by atoms with Crippen LogP contribution in [0.25, 0.3) is 33.2 Å². The van der Waals surface area contributed by atoms with Gasteiger partial charge in [0.05, 0.1) is 17.3 Å². The van der Waals surface area contributed by atoms with Crippen LogP contribution in [0.1, 0.15) is 23.6 Å². The molecule has 0 saturated heterocycles. The monoisotopic (exact) mass is 509 g/mol. The third-order valence-electron chi connectivity index (χ3n) is 6.57. The predicted molar refractivity (Wildman–Crippen MR) is 149 cm³/mol. The van der Waals surface area contributed by atoms with Crippen LogP contribution in [0, 0.1) is 0 Å². The van der Waals surface area contributed by atoms with Crippen LogP contribution in [0.15, 0.2) is 107 Å². The van der Waals surface area contributed by atoms with E-state index in [9.17, 15) is 4.79 Å². The first-order valence-electron chi connectivity index (χ1n) is 11.7. The molecule has 1 aliphatic heterocycles. The van der Waals surface area contributed by atoms with E-state index in [0.717, 1.165) is 49.5 Å². The Balaban J connectivity index is 1.36. The molecule has 36 heavy (non-hydrogen) atoms. The molecule has 0 amide bonds. The summed E-state index contributed by atoms with van der Waals surface area (Å²) in [6.45, 7) is 0. The van der Waals surface area contributed by atoms with Crippen molar-refractivity contribution in [1.29, 1.82) is 0 Å². The van der Waals surface area contributed by atoms with Crippen LogP contribution >= 0.6 is 23.2 Å². The van der Waals surface area contributed by atoms with E-state index in [4.69, 9.17) is 23.2 Å². The van der Waals surface area contributed by atoms with Crippen molar-refractivity contribution in [2.45, 2.75) is 12.5 Å². The van der Waals surface area contributed by atoms with Crippen molar-refractivity contribution >= 4 is 39.8 Å². The van der Waals surface area contributed by atoms with Gasteiger partial charge in [-0.15, -0.1) is 0 Å². The molecule has 5 aromatic rings. The van der Waals surface area contributed by atoms with Gasteiger partial charge in [-0.2, -0.15) is 5.10 Å². The Morgan fingerprint density at radius 2 is 1.39 bits per heavy atom. The zero-order valence-electron chi connectivity index (χ0n) is 19.1. The number of halogens is 2. The smallest absolute Gasteiger partial charge is 0.258 e. The van der Waals surface area contributed by atoms with E-state index in [1.807, 2.05) is 66.7 Å². The fourth-order valence-corrected chi connectivity index (χ4v) is 5.08. The number of hydrogen-bond donors (Lipinski definition) is 2. The molecule has 0 saturated carbocycles. The molecule has 6 heteroatoms. The quantitative estimate of drug-likeness (QED) is 0.262. The normalized spacial score (nSPS) is 15.1.